The third-order valence-electron chi connectivity index (χ3n) is 4.09. The summed E-state index contributed by atoms with van der Waals surface area (Å²) in [7, 11) is 0. The second kappa shape index (κ2) is 18.0. The summed E-state index contributed by atoms with van der Waals surface area (Å²) in [6.45, 7) is 8.09. The molecule has 138 valence electrons. The molecule has 0 aliphatic rings. The van der Waals surface area contributed by atoms with Gasteiger partial charge in [-0.1, -0.05) is 87.2 Å². The van der Waals surface area contributed by atoms with Gasteiger partial charge in [-0.2, -0.15) is 0 Å². The number of esters is 1. The van der Waals surface area contributed by atoms with Crippen LogP contribution < -0.4 is 6.15 Å². The number of carbonyl (C=O) groups is 1. The van der Waals surface area contributed by atoms with Crippen LogP contribution in [0.1, 0.15) is 84.5 Å². The molecule has 0 amide bonds. The number of hydrogen-bond donors (Lipinski definition) is 1. The SMILES string of the molecule is C=C(C)C(=O)OCCC(CCBr)CCCCCCCCCC.N. The van der Waals surface area contributed by atoms with E-state index in [9.17, 15) is 4.79 Å². The lowest BCUT2D eigenvalue weighted by Crippen LogP contribution is -2.11. The van der Waals surface area contributed by atoms with E-state index >= 15 is 0 Å². The quantitative estimate of drug-likeness (QED) is 0.148. The molecule has 0 aliphatic carbocycles. The van der Waals surface area contributed by atoms with Crippen LogP contribution >= 0.6 is 15.9 Å². The number of unbranched alkanes of at least 4 members (excludes halogenated alkanes) is 7. The minimum Gasteiger partial charge on any atom is -0.462 e. The number of rotatable bonds is 15. The summed E-state index contributed by atoms with van der Waals surface area (Å²) in [6, 6.07) is 0. The molecular weight excluding hydrogens is 354 g/mol. The first-order valence-electron chi connectivity index (χ1n) is 9.00. The molecule has 4 heteroatoms. The Hall–Kier alpha value is -0.350. The number of alkyl halides is 1. The summed E-state index contributed by atoms with van der Waals surface area (Å²) in [5.74, 6) is 0.405. The van der Waals surface area contributed by atoms with E-state index in [0.29, 0.717) is 18.1 Å². The molecule has 23 heavy (non-hydrogen) atoms. The molecule has 0 spiro atoms. The molecule has 0 aromatic heterocycles. The molecule has 0 heterocycles. The minimum atomic E-state index is -0.260. The van der Waals surface area contributed by atoms with Crippen LogP contribution in [0.5, 0.6) is 0 Å². The van der Waals surface area contributed by atoms with Gasteiger partial charge >= 0.3 is 5.97 Å². The van der Waals surface area contributed by atoms with Crippen LogP contribution in [0, 0.1) is 5.92 Å². The average Bonchev–Trinajstić information content (AvgIpc) is 2.49. The molecule has 0 aromatic rings. The van der Waals surface area contributed by atoms with E-state index in [0.717, 1.165) is 11.8 Å². The standard InChI is InChI=1S/C19H35BrO2.H3N/c1-4-5-6-7-8-9-10-11-12-18(13-15-20)14-16-22-19(21)17(2)3;/h18H,2,4-16H2,1,3H3;1H3. The Morgan fingerprint density at radius 2 is 1.57 bits per heavy atom. The zero-order valence-electron chi connectivity index (χ0n) is 15.4. The van der Waals surface area contributed by atoms with Gasteiger partial charge in [-0.3, -0.25) is 0 Å². The summed E-state index contributed by atoms with van der Waals surface area (Å²) in [6.07, 6.45) is 14.3. The van der Waals surface area contributed by atoms with Crippen molar-refractivity contribution < 1.29 is 9.53 Å². The first-order valence-corrected chi connectivity index (χ1v) is 10.1. The van der Waals surface area contributed by atoms with E-state index < -0.39 is 0 Å². The summed E-state index contributed by atoms with van der Waals surface area (Å²) in [5, 5.41) is 1.03. The van der Waals surface area contributed by atoms with Crippen molar-refractivity contribution in [3.8, 4) is 0 Å². The van der Waals surface area contributed by atoms with E-state index in [-0.39, 0.29) is 12.1 Å². The van der Waals surface area contributed by atoms with Crippen LogP contribution in [0.25, 0.3) is 0 Å². The lowest BCUT2D eigenvalue weighted by molar-refractivity contribution is -0.139. The van der Waals surface area contributed by atoms with Crippen molar-refractivity contribution >= 4 is 21.9 Å². The fourth-order valence-corrected chi connectivity index (χ4v) is 3.24. The van der Waals surface area contributed by atoms with E-state index in [1.807, 2.05) is 0 Å². The van der Waals surface area contributed by atoms with Gasteiger partial charge in [0.1, 0.15) is 0 Å². The molecule has 0 aliphatic heterocycles. The molecule has 0 rings (SSSR count). The molecule has 1 unspecified atom stereocenters. The van der Waals surface area contributed by atoms with Crippen LogP contribution in [0.3, 0.4) is 0 Å². The molecule has 0 saturated heterocycles. The van der Waals surface area contributed by atoms with Crippen LogP contribution in [0.15, 0.2) is 12.2 Å². The summed E-state index contributed by atoms with van der Waals surface area (Å²) >= 11 is 3.53. The van der Waals surface area contributed by atoms with Crippen molar-refractivity contribution in [2.75, 3.05) is 11.9 Å². The van der Waals surface area contributed by atoms with Crippen molar-refractivity contribution in [2.24, 2.45) is 5.92 Å². The van der Waals surface area contributed by atoms with Crippen molar-refractivity contribution in [2.45, 2.75) is 84.5 Å². The first-order chi connectivity index (χ1) is 10.6. The smallest absolute Gasteiger partial charge is 0.333 e. The van der Waals surface area contributed by atoms with Gasteiger partial charge < -0.3 is 10.9 Å². The van der Waals surface area contributed by atoms with Gasteiger partial charge in [0.15, 0.2) is 0 Å². The Morgan fingerprint density at radius 3 is 2.09 bits per heavy atom. The molecule has 0 radical (unpaired) electrons. The van der Waals surface area contributed by atoms with Gasteiger partial charge in [0, 0.05) is 10.9 Å². The fraction of sp³-hybridized carbons (Fsp3) is 0.842. The van der Waals surface area contributed by atoms with E-state index in [4.69, 9.17) is 4.74 Å². The Bertz CT molecular complexity index is 295. The summed E-state index contributed by atoms with van der Waals surface area (Å²) < 4.78 is 5.21. The highest BCUT2D eigenvalue weighted by molar-refractivity contribution is 9.09. The maximum absolute atomic E-state index is 11.4. The Kier molecular flexibility index (Phi) is 19.5. The van der Waals surface area contributed by atoms with Gasteiger partial charge in [0.05, 0.1) is 6.61 Å². The number of halogens is 1. The van der Waals surface area contributed by atoms with Crippen LogP contribution in [0.4, 0.5) is 0 Å². The fourth-order valence-electron chi connectivity index (χ4n) is 2.60. The highest BCUT2D eigenvalue weighted by atomic mass is 79.9. The number of hydrogen-bond acceptors (Lipinski definition) is 3. The molecule has 0 fully saturated rings. The van der Waals surface area contributed by atoms with Crippen LogP contribution in [0.2, 0.25) is 0 Å². The number of ether oxygens (including phenoxy) is 1. The third-order valence-corrected chi connectivity index (χ3v) is 4.55. The predicted molar refractivity (Wildman–Crippen MR) is 105 cm³/mol. The second-order valence-electron chi connectivity index (χ2n) is 6.31. The Morgan fingerprint density at radius 1 is 1.00 bits per heavy atom. The van der Waals surface area contributed by atoms with Gasteiger partial charge in [-0.05, 0) is 25.7 Å². The maximum Gasteiger partial charge on any atom is 0.333 e. The van der Waals surface area contributed by atoms with Crippen LogP contribution in [-0.2, 0) is 9.53 Å². The molecule has 0 bridgehead atoms. The van der Waals surface area contributed by atoms with Crippen molar-refractivity contribution in [3.63, 3.8) is 0 Å². The normalized spacial score (nSPS) is 11.6. The zero-order valence-corrected chi connectivity index (χ0v) is 17.0. The molecular formula is C19H38BrNO2. The van der Waals surface area contributed by atoms with Gasteiger partial charge in [0.25, 0.3) is 0 Å². The largest absolute Gasteiger partial charge is 0.462 e. The van der Waals surface area contributed by atoms with Gasteiger partial charge in [-0.15, -0.1) is 0 Å². The zero-order chi connectivity index (χ0) is 16.6. The van der Waals surface area contributed by atoms with Crippen LogP contribution in [-0.4, -0.2) is 17.9 Å². The summed E-state index contributed by atoms with van der Waals surface area (Å²) in [4.78, 5) is 11.4. The lowest BCUT2D eigenvalue weighted by atomic mass is 9.95. The molecule has 0 saturated carbocycles. The maximum atomic E-state index is 11.4. The third kappa shape index (κ3) is 16.3. The molecule has 3 nitrogen and oxygen atoms in total. The van der Waals surface area contributed by atoms with Gasteiger partial charge in [-0.25, -0.2) is 4.79 Å². The minimum absolute atomic E-state index is 0. The lowest BCUT2D eigenvalue weighted by Gasteiger charge is -2.15. The van der Waals surface area contributed by atoms with Crippen molar-refractivity contribution in [3.05, 3.63) is 12.2 Å². The highest BCUT2D eigenvalue weighted by Crippen LogP contribution is 2.20. The second-order valence-corrected chi connectivity index (χ2v) is 7.11. The summed E-state index contributed by atoms with van der Waals surface area (Å²) in [5.41, 5.74) is 0.486. The monoisotopic (exact) mass is 391 g/mol. The van der Waals surface area contributed by atoms with E-state index in [1.165, 1.54) is 64.2 Å². The topological polar surface area (TPSA) is 61.3 Å². The predicted octanol–water partition coefficient (Wildman–Crippen LogP) is 6.59. The van der Waals surface area contributed by atoms with Crippen molar-refractivity contribution in [1.29, 1.82) is 0 Å². The number of carbonyl (C=O) groups excluding carboxylic acids is 1. The Labute approximate surface area is 152 Å². The average molecular weight is 392 g/mol. The van der Waals surface area contributed by atoms with Gasteiger partial charge in [0.2, 0.25) is 0 Å². The molecule has 3 N–H and O–H groups in total. The molecule has 1 atom stereocenters. The van der Waals surface area contributed by atoms with Crippen molar-refractivity contribution in [1.82, 2.24) is 6.15 Å². The molecule has 0 aromatic carbocycles. The van der Waals surface area contributed by atoms with E-state index in [2.05, 4.69) is 29.4 Å². The highest BCUT2D eigenvalue weighted by Gasteiger charge is 2.10. The first kappa shape index (κ1) is 24.9. The van der Waals surface area contributed by atoms with E-state index in [1.54, 1.807) is 6.92 Å². The Balaban J connectivity index is 0.